The molecule has 1 aromatic carbocycles. The zero-order valence-electron chi connectivity index (χ0n) is 19.5. The van der Waals surface area contributed by atoms with Gasteiger partial charge in [0, 0.05) is 36.3 Å². The van der Waals surface area contributed by atoms with Crippen LogP contribution in [0.4, 0.5) is 10.5 Å². The number of alkyl carbamates (subject to hydrolysis) is 1. The SMILES string of the molecule is CC(C)(C)OC(=O)N[C@@H](CNC(=O)c1cc2cc3c4c(c2oc1=O)CCCN4CCC3)C(=O)O. The van der Waals surface area contributed by atoms with E-state index in [0.717, 1.165) is 50.0 Å². The van der Waals surface area contributed by atoms with Crippen LogP contribution in [0.1, 0.15) is 55.1 Å². The molecular formula is C24H29N3O7. The first-order chi connectivity index (χ1) is 16.0. The van der Waals surface area contributed by atoms with Gasteiger partial charge in [-0.2, -0.15) is 0 Å². The average molecular weight is 472 g/mol. The standard InChI is InChI=1S/C24H29N3O7/c1-24(2,3)34-23(32)26-17(21(29)30)12-25-20(28)16-11-14-10-13-6-4-8-27-9-5-7-15(18(13)27)19(14)33-22(16)31/h10-11,17H,4-9,12H2,1-3H3,(H,25,28)(H,26,32)(H,29,30)/t17-/m0/s1. The van der Waals surface area contributed by atoms with Gasteiger partial charge in [-0.3, -0.25) is 4.79 Å². The minimum Gasteiger partial charge on any atom is -0.480 e. The number of aliphatic carboxylic acids is 1. The lowest BCUT2D eigenvalue weighted by Crippen LogP contribution is -2.50. The van der Waals surface area contributed by atoms with Crippen LogP contribution in [0.2, 0.25) is 0 Å². The van der Waals surface area contributed by atoms with Crippen LogP contribution in [0.5, 0.6) is 0 Å². The molecule has 0 spiro atoms. The van der Waals surface area contributed by atoms with Crippen LogP contribution in [-0.2, 0) is 22.4 Å². The van der Waals surface area contributed by atoms with Crippen LogP contribution in [0.25, 0.3) is 11.0 Å². The lowest BCUT2D eigenvalue weighted by Gasteiger charge is -2.37. The molecule has 34 heavy (non-hydrogen) atoms. The molecule has 0 bridgehead atoms. The summed E-state index contributed by atoms with van der Waals surface area (Å²) in [6, 6.07) is 2.03. The number of rotatable bonds is 5. The lowest BCUT2D eigenvalue weighted by atomic mass is 9.90. The molecule has 4 rings (SSSR count). The highest BCUT2D eigenvalue weighted by Crippen LogP contribution is 2.39. The summed E-state index contributed by atoms with van der Waals surface area (Å²) in [5, 5.41) is 14.7. The molecule has 1 atom stereocenters. The van der Waals surface area contributed by atoms with E-state index in [2.05, 4.69) is 15.5 Å². The van der Waals surface area contributed by atoms with Crippen LogP contribution < -0.4 is 21.2 Å². The topological polar surface area (TPSA) is 138 Å². The molecule has 0 aliphatic carbocycles. The molecule has 182 valence electrons. The van der Waals surface area contributed by atoms with E-state index >= 15 is 0 Å². The maximum absolute atomic E-state index is 12.7. The fraction of sp³-hybridized carbons (Fsp3) is 0.500. The molecule has 2 amide bonds. The van der Waals surface area contributed by atoms with E-state index in [1.165, 1.54) is 11.6 Å². The van der Waals surface area contributed by atoms with E-state index in [9.17, 15) is 24.3 Å². The molecule has 1 aromatic heterocycles. The number of benzene rings is 1. The minimum absolute atomic E-state index is 0.218. The van der Waals surface area contributed by atoms with Gasteiger partial charge in [-0.15, -0.1) is 0 Å². The Kier molecular flexibility index (Phi) is 6.24. The number of fused-ring (bicyclic) bond motifs is 2. The second-order valence-corrected chi connectivity index (χ2v) is 9.67. The van der Waals surface area contributed by atoms with Gasteiger partial charge in [0.15, 0.2) is 0 Å². The van der Waals surface area contributed by atoms with Crippen LogP contribution in [-0.4, -0.2) is 54.4 Å². The Hall–Kier alpha value is -3.56. The second kappa shape index (κ2) is 9.00. The van der Waals surface area contributed by atoms with Crippen molar-refractivity contribution in [1.82, 2.24) is 10.6 Å². The quantitative estimate of drug-likeness (QED) is 0.564. The highest BCUT2D eigenvalue weighted by Gasteiger charge is 2.28. The number of aryl methyl sites for hydroxylation is 2. The van der Waals surface area contributed by atoms with Gasteiger partial charge in [0.05, 0.1) is 0 Å². The lowest BCUT2D eigenvalue weighted by molar-refractivity contribution is -0.139. The van der Waals surface area contributed by atoms with E-state index in [0.29, 0.717) is 11.0 Å². The molecule has 2 aliphatic rings. The highest BCUT2D eigenvalue weighted by atomic mass is 16.6. The summed E-state index contributed by atoms with van der Waals surface area (Å²) in [5.74, 6) is -2.13. The molecular weight excluding hydrogens is 442 g/mol. The number of carboxylic acid groups (broad SMARTS) is 1. The van der Waals surface area contributed by atoms with Gasteiger partial charge < -0.3 is 29.8 Å². The van der Waals surface area contributed by atoms with E-state index in [-0.39, 0.29) is 5.56 Å². The van der Waals surface area contributed by atoms with Gasteiger partial charge in [0.25, 0.3) is 5.91 Å². The minimum atomic E-state index is -1.44. The van der Waals surface area contributed by atoms with E-state index in [1.54, 1.807) is 20.8 Å². The smallest absolute Gasteiger partial charge is 0.408 e. The van der Waals surface area contributed by atoms with Gasteiger partial charge in [0.1, 0.15) is 22.8 Å². The second-order valence-electron chi connectivity index (χ2n) is 9.67. The summed E-state index contributed by atoms with van der Waals surface area (Å²) in [4.78, 5) is 51.2. The Morgan fingerprint density at radius 3 is 2.56 bits per heavy atom. The molecule has 0 fully saturated rings. The zero-order chi connectivity index (χ0) is 24.6. The number of hydrogen-bond donors (Lipinski definition) is 3. The molecule has 10 nitrogen and oxygen atoms in total. The van der Waals surface area contributed by atoms with Crippen molar-refractivity contribution >= 4 is 34.6 Å². The molecule has 0 radical (unpaired) electrons. The van der Waals surface area contributed by atoms with Crippen molar-refractivity contribution in [3.63, 3.8) is 0 Å². The van der Waals surface area contributed by atoms with Crippen LogP contribution in [0.15, 0.2) is 21.3 Å². The number of hydrogen-bond acceptors (Lipinski definition) is 7. The van der Waals surface area contributed by atoms with Crippen molar-refractivity contribution in [2.24, 2.45) is 0 Å². The summed E-state index contributed by atoms with van der Waals surface area (Å²) in [7, 11) is 0. The van der Waals surface area contributed by atoms with Crippen molar-refractivity contribution in [2.75, 3.05) is 24.5 Å². The number of ether oxygens (including phenoxy) is 1. The predicted octanol–water partition coefficient (Wildman–Crippen LogP) is 2.20. The summed E-state index contributed by atoms with van der Waals surface area (Å²) < 4.78 is 10.7. The number of anilines is 1. The van der Waals surface area contributed by atoms with E-state index in [4.69, 9.17) is 9.15 Å². The molecule has 0 saturated carbocycles. The predicted molar refractivity (Wildman–Crippen MR) is 124 cm³/mol. The van der Waals surface area contributed by atoms with Crippen molar-refractivity contribution in [3.05, 3.63) is 39.2 Å². The maximum Gasteiger partial charge on any atom is 0.408 e. The number of amides is 2. The molecule has 0 saturated heterocycles. The first-order valence-electron chi connectivity index (χ1n) is 11.4. The third kappa shape index (κ3) is 4.85. The monoisotopic (exact) mass is 471 g/mol. The number of carbonyl (C=O) groups excluding carboxylic acids is 2. The third-order valence-electron chi connectivity index (χ3n) is 5.92. The van der Waals surface area contributed by atoms with Crippen molar-refractivity contribution in [2.45, 2.75) is 58.1 Å². The highest BCUT2D eigenvalue weighted by molar-refractivity contribution is 5.98. The number of nitrogens with one attached hydrogen (secondary N) is 2. The fourth-order valence-electron chi connectivity index (χ4n) is 4.54. The van der Waals surface area contributed by atoms with Gasteiger partial charge in [0.2, 0.25) is 0 Å². The summed E-state index contributed by atoms with van der Waals surface area (Å²) in [6.07, 6.45) is 2.82. The van der Waals surface area contributed by atoms with Crippen molar-refractivity contribution in [3.8, 4) is 0 Å². The molecule has 3 N–H and O–H groups in total. The summed E-state index contributed by atoms with van der Waals surface area (Å²) >= 11 is 0. The van der Waals surface area contributed by atoms with E-state index < -0.39 is 41.8 Å². The van der Waals surface area contributed by atoms with Crippen LogP contribution in [0.3, 0.4) is 0 Å². The normalized spacial score (nSPS) is 15.9. The largest absolute Gasteiger partial charge is 0.480 e. The first kappa shape index (κ1) is 23.6. The Balaban J connectivity index is 1.55. The summed E-state index contributed by atoms with van der Waals surface area (Å²) in [6.45, 7) is 6.47. The van der Waals surface area contributed by atoms with Gasteiger partial charge in [-0.1, -0.05) is 0 Å². The Bertz CT molecular complexity index is 1210. The fourth-order valence-corrected chi connectivity index (χ4v) is 4.54. The van der Waals surface area contributed by atoms with Crippen LogP contribution >= 0.6 is 0 Å². The van der Waals surface area contributed by atoms with Gasteiger partial charge in [-0.05, 0) is 64.2 Å². The molecule has 10 heteroatoms. The van der Waals surface area contributed by atoms with E-state index in [1.807, 2.05) is 6.07 Å². The summed E-state index contributed by atoms with van der Waals surface area (Å²) in [5.41, 5.74) is 2.03. The average Bonchev–Trinajstić information content (AvgIpc) is 2.75. The number of carboxylic acids is 1. The Morgan fingerprint density at radius 1 is 1.18 bits per heavy atom. The number of nitrogens with zero attached hydrogens (tertiary/aromatic N) is 1. The van der Waals surface area contributed by atoms with Crippen LogP contribution in [0, 0.1) is 0 Å². The van der Waals surface area contributed by atoms with Gasteiger partial charge >= 0.3 is 17.7 Å². The molecule has 2 aliphatic heterocycles. The number of carbonyl (C=O) groups is 3. The maximum atomic E-state index is 12.7. The Labute approximate surface area is 196 Å². The Morgan fingerprint density at radius 2 is 1.88 bits per heavy atom. The van der Waals surface area contributed by atoms with Gasteiger partial charge in [-0.25, -0.2) is 14.4 Å². The molecule has 3 heterocycles. The molecule has 2 aromatic rings. The molecule has 0 unspecified atom stereocenters. The van der Waals surface area contributed by atoms with Crippen molar-refractivity contribution in [1.29, 1.82) is 0 Å². The third-order valence-corrected chi connectivity index (χ3v) is 5.92. The zero-order valence-corrected chi connectivity index (χ0v) is 19.5. The first-order valence-corrected chi connectivity index (χ1v) is 11.4. The van der Waals surface area contributed by atoms with Crippen molar-refractivity contribution < 1.29 is 28.6 Å².